The van der Waals surface area contributed by atoms with E-state index in [0.29, 0.717) is 21.5 Å². The highest BCUT2D eigenvalue weighted by Crippen LogP contribution is 2.32. The molecule has 2 aromatic rings. The Bertz CT molecular complexity index is 746. The molecule has 2 heterocycles. The van der Waals surface area contributed by atoms with Crippen molar-refractivity contribution in [1.29, 1.82) is 0 Å². The SMILES string of the molecule is S=C(Cc1cc(Cl)ccn1)N1CCN(c2cccc(Cl)c2Cl)CC1. The van der Waals surface area contributed by atoms with Gasteiger partial charge in [0.2, 0.25) is 0 Å². The average molecular weight is 401 g/mol. The number of thiocarbonyl (C=S) groups is 1. The zero-order valence-electron chi connectivity index (χ0n) is 12.9. The molecule has 0 atom stereocenters. The van der Waals surface area contributed by atoms with Gasteiger partial charge in [0, 0.05) is 49.5 Å². The minimum absolute atomic E-state index is 0.583. The Hall–Kier alpha value is -1.07. The van der Waals surface area contributed by atoms with Gasteiger partial charge in [-0.2, -0.15) is 0 Å². The Morgan fingerprint density at radius 2 is 1.83 bits per heavy atom. The van der Waals surface area contributed by atoms with Crippen molar-refractivity contribution in [2.45, 2.75) is 6.42 Å². The van der Waals surface area contributed by atoms with E-state index < -0.39 is 0 Å². The first kappa shape index (κ1) is 17.7. The van der Waals surface area contributed by atoms with E-state index in [1.54, 1.807) is 18.3 Å². The molecule has 1 aliphatic rings. The van der Waals surface area contributed by atoms with Crippen LogP contribution >= 0.6 is 47.0 Å². The van der Waals surface area contributed by atoms with Gasteiger partial charge in [0.25, 0.3) is 0 Å². The number of piperazine rings is 1. The highest BCUT2D eigenvalue weighted by atomic mass is 35.5. The fourth-order valence-corrected chi connectivity index (χ4v) is 3.67. The summed E-state index contributed by atoms with van der Waals surface area (Å²) in [6.07, 6.45) is 2.34. The Morgan fingerprint density at radius 3 is 2.54 bits per heavy atom. The maximum atomic E-state index is 6.31. The molecule has 0 unspecified atom stereocenters. The quantitative estimate of drug-likeness (QED) is 0.693. The second-order valence-electron chi connectivity index (χ2n) is 5.58. The van der Waals surface area contributed by atoms with E-state index in [-0.39, 0.29) is 0 Å². The molecule has 7 heteroatoms. The van der Waals surface area contributed by atoms with Gasteiger partial charge in [-0.3, -0.25) is 4.98 Å². The third-order valence-electron chi connectivity index (χ3n) is 4.02. The smallest absolute Gasteiger partial charge is 0.0840 e. The van der Waals surface area contributed by atoms with Crippen molar-refractivity contribution in [2.24, 2.45) is 0 Å². The number of anilines is 1. The van der Waals surface area contributed by atoms with Crippen LogP contribution in [0.3, 0.4) is 0 Å². The first-order chi connectivity index (χ1) is 11.5. The normalized spacial score (nSPS) is 14.8. The number of nitrogens with zero attached hydrogens (tertiary/aromatic N) is 3. The van der Waals surface area contributed by atoms with Crippen molar-refractivity contribution < 1.29 is 0 Å². The maximum absolute atomic E-state index is 6.31. The second kappa shape index (κ2) is 7.87. The van der Waals surface area contributed by atoms with E-state index in [0.717, 1.165) is 42.5 Å². The molecule has 3 rings (SSSR count). The predicted octanol–water partition coefficient (Wildman–Crippen LogP) is 4.73. The molecule has 1 aromatic heterocycles. The molecule has 1 aromatic carbocycles. The summed E-state index contributed by atoms with van der Waals surface area (Å²) in [5, 5.41) is 1.88. The molecule has 1 fully saturated rings. The van der Waals surface area contributed by atoms with Crippen LogP contribution in [0.4, 0.5) is 5.69 Å². The zero-order chi connectivity index (χ0) is 17.1. The molecule has 1 saturated heterocycles. The first-order valence-electron chi connectivity index (χ1n) is 7.62. The van der Waals surface area contributed by atoms with Crippen molar-refractivity contribution in [3.63, 3.8) is 0 Å². The molecule has 0 saturated carbocycles. The molecule has 0 spiro atoms. The van der Waals surface area contributed by atoms with Gasteiger partial charge in [-0.25, -0.2) is 0 Å². The van der Waals surface area contributed by atoms with E-state index in [1.165, 1.54) is 0 Å². The van der Waals surface area contributed by atoms with E-state index in [2.05, 4.69) is 14.8 Å². The minimum Gasteiger partial charge on any atom is -0.367 e. The lowest BCUT2D eigenvalue weighted by molar-refractivity contribution is 0.387. The minimum atomic E-state index is 0.583. The van der Waals surface area contributed by atoms with Crippen molar-refractivity contribution in [2.75, 3.05) is 31.1 Å². The lowest BCUT2D eigenvalue weighted by Gasteiger charge is -2.37. The van der Waals surface area contributed by atoms with E-state index in [1.807, 2.05) is 18.2 Å². The maximum Gasteiger partial charge on any atom is 0.0840 e. The fourth-order valence-electron chi connectivity index (χ4n) is 2.75. The molecule has 0 N–H and O–H groups in total. The first-order valence-corrected chi connectivity index (χ1v) is 9.16. The molecular formula is C17H16Cl3N3S. The van der Waals surface area contributed by atoms with Gasteiger partial charge >= 0.3 is 0 Å². The molecule has 126 valence electrons. The summed E-state index contributed by atoms with van der Waals surface area (Å²) in [5.41, 5.74) is 1.87. The van der Waals surface area contributed by atoms with E-state index >= 15 is 0 Å². The number of hydrogen-bond donors (Lipinski definition) is 0. The summed E-state index contributed by atoms with van der Waals surface area (Å²) in [6, 6.07) is 9.34. The van der Waals surface area contributed by atoms with Gasteiger partial charge in [-0.1, -0.05) is 53.1 Å². The summed E-state index contributed by atoms with van der Waals surface area (Å²) in [7, 11) is 0. The number of aromatic nitrogens is 1. The third kappa shape index (κ3) is 4.12. The molecule has 0 amide bonds. The molecule has 3 nitrogen and oxygen atoms in total. The van der Waals surface area contributed by atoms with Gasteiger partial charge in [0.1, 0.15) is 0 Å². The van der Waals surface area contributed by atoms with Crippen LogP contribution in [0.1, 0.15) is 5.69 Å². The van der Waals surface area contributed by atoms with E-state index in [9.17, 15) is 0 Å². The summed E-state index contributed by atoms with van der Waals surface area (Å²) >= 11 is 24.0. The van der Waals surface area contributed by atoms with Gasteiger partial charge < -0.3 is 9.80 Å². The number of hydrogen-bond acceptors (Lipinski definition) is 3. The van der Waals surface area contributed by atoms with Crippen molar-refractivity contribution in [1.82, 2.24) is 9.88 Å². The highest BCUT2D eigenvalue weighted by molar-refractivity contribution is 7.80. The van der Waals surface area contributed by atoms with Gasteiger partial charge in [0.05, 0.1) is 20.7 Å². The Balaban J connectivity index is 1.60. The standard InChI is InChI=1S/C17H16Cl3N3S/c18-12-4-5-21-13(10-12)11-16(24)23-8-6-22(7-9-23)15-3-1-2-14(19)17(15)20/h1-5,10H,6-9,11H2. The lowest BCUT2D eigenvalue weighted by Crippen LogP contribution is -2.48. The topological polar surface area (TPSA) is 19.4 Å². The summed E-state index contributed by atoms with van der Waals surface area (Å²) in [6.45, 7) is 3.40. The highest BCUT2D eigenvalue weighted by Gasteiger charge is 2.21. The van der Waals surface area contributed by atoms with Crippen molar-refractivity contribution in [3.8, 4) is 0 Å². The van der Waals surface area contributed by atoms with Crippen LogP contribution in [0.2, 0.25) is 15.1 Å². The Kier molecular flexibility index (Phi) is 5.82. The largest absolute Gasteiger partial charge is 0.367 e. The lowest BCUT2D eigenvalue weighted by atomic mass is 10.2. The van der Waals surface area contributed by atoms with Crippen LogP contribution in [0, 0.1) is 0 Å². The van der Waals surface area contributed by atoms with E-state index in [4.69, 9.17) is 47.0 Å². The van der Waals surface area contributed by atoms with Gasteiger partial charge in [-0.05, 0) is 24.3 Å². The van der Waals surface area contributed by atoms with Crippen molar-refractivity contribution >= 4 is 57.7 Å². The summed E-state index contributed by atoms with van der Waals surface area (Å²) < 4.78 is 0. The van der Waals surface area contributed by atoms with Gasteiger partial charge in [-0.15, -0.1) is 0 Å². The molecular weight excluding hydrogens is 385 g/mol. The molecule has 0 radical (unpaired) electrons. The van der Waals surface area contributed by atoms with Crippen LogP contribution in [-0.2, 0) is 6.42 Å². The number of benzene rings is 1. The molecule has 0 aliphatic carbocycles. The third-order valence-corrected chi connectivity index (χ3v) is 5.46. The fraction of sp³-hybridized carbons (Fsp3) is 0.294. The average Bonchev–Trinajstić information content (AvgIpc) is 2.57. The van der Waals surface area contributed by atoms with Gasteiger partial charge in [0.15, 0.2) is 0 Å². The molecule has 24 heavy (non-hydrogen) atoms. The number of rotatable bonds is 3. The second-order valence-corrected chi connectivity index (χ2v) is 7.28. The zero-order valence-corrected chi connectivity index (χ0v) is 16.0. The monoisotopic (exact) mass is 399 g/mol. The summed E-state index contributed by atoms with van der Waals surface area (Å²) in [4.78, 5) is 9.66. The molecule has 0 bridgehead atoms. The summed E-state index contributed by atoms with van der Waals surface area (Å²) in [5.74, 6) is 0. The Labute approximate surface area is 162 Å². The van der Waals surface area contributed by atoms with Crippen LogP contribution in [0.25, 0.3) is 0 Å². The Morgan fingerprint density at radius 1 is 1.08 bits per heavy atom. The van der Waals surface area contributed by atoms with Crippen LogP contribution in [0.5, 0.6) is 0 Å². The van der Waals surface area contributed by atoms with Crippen LogP contribution in [0.15, 0.2) is 36.5 Å². The number of halogens is 3. The van der Waals surface area contributed by atoms with Crippen molar-refractivity contribution in [3.05, 3.63) is 57.3 Å². The van der Waals surface area contributed by atoms with Crippen LogP contribution in [-0.4, -0.2) is 41.1 Å². The molecule has 1 aliphatic heterocycles. The van der Waals surface area contributed by atoms with Crippen LogP contribution < -0.4 is 4.90 Å². The predicted molar refractivity (Wildman–Crippen MR) is 106 cm³/mol. The number of pyridine rings is 1.